The smallest absolute Gasteiger partial charge is 0.225 e. The lowest BCUT2D eigenvalue weighted by Gasteiger charge is -2.41. The third-order valence-electron chi connectivity index (χ3n) is 4.85. The molecule has 1 aromatic carbocycles. The Bertz CT molecular complexity index is 524. The lowest BCUT2D eigenvalue weighted by Crippen LogP contribution is -2.55. The number of aryl methyl sites for hydroxylation is 1. The average Bonchev–Trinajstić information content (AvgIpc) is 2.45. The Morgan fingerprint density at radius 3 is 2.68 bits per heavy atom. The number of piperidine rings is 1. The maximum atomic E-state index is 12.4. The Kier molecular flexibility index (Phi) is 4.39. The van der Waals surface area contributed by atoms with Gasteiger partial charge in [-0.05, 0) is 44.7 Å². The Morgan fingerprint density at radius 2 is 2.05 bits per heavy atom. The second-order valence-electron chi connectivity index (χ2n) is 6.82. The number of likely N-dealkylation sites (tertiary alicyclic amines) is 1. The molecule has 0 bridgehead atoms. The summed E-state index contributed by atoms with van der Waals surface area (Å²) in [6, 6.07) is 7.82. The molecule has 1 aliphatic heterocycles. The van der Waals surface area contributed by atoms with Crippen LogP contribution in [0.2, 0.25) is 0 Å². The van der Waals surface area contributed by atoms with Gasteiger partial charge in [0, 0.05) is 12.5 Å². The second kappa shape index (κ2) is 6.29. The van der Waals surface area contributed by atoms with E-state index in [4.69, 9.17) is 4.74 Å². The van der Waals surface area contributed by atoms with Gasteiger partial charge in [0.1, 0.15) is 18.0 Å². The summed E-state index contributed by atoms with van der Waals surface area (Å²) in [6.07, 6.45) is 4.70. The molecule has 22 heavy (non-hydrogen) atoms. The number of rotatable bonds is 4. The van der Waals surface area contributed by atoms with Crippen LogP contribution in [-0.4, -0.2) is 41.2 Å². The molecule has 0 spiro atoms. The summed E-state index contributed by atoms with van der Waals surface area (Å²) in [6.45, 7) is 3.43. The molecule has 1 saturated carbocycles. The fourth-order valence-electron chi connectivity index (χ4n) is 3.18. The van der Waals surface area contributed by atoms with Gasteiger partial charge in [0.15, 0.2) is 0 Å². The van der Waals surface area contributed by atoms with Crippen molar-refractivity contribution < 1.29 is 14.6 Å². The molecular formula is C18H25NO3. The molecule has 3 rings (SSSR count). The minimum atomic E-state index is -0.928. The molecule has 4 nitrogen and oxygen atoms in total. The van der Waals surface area contributed by atoms with Gasteiger partial charge in [-0.2, -0.15) is 0 Å². The number of hydrogen-bond acceptors (Lipinski definition) is 3. The van der Waals surface area contributed by atoms with Crippen LogP contribution in [0, 0.1) is 12.8 Å². The number of aliphatic hydroxyl groups is 1. The highest BCUT2D eigenvalue weighted by Crippen LogP contribution is 2.31. The first-order valence-corrected chi connectivity index (χ1v) is 8.26. The normalized spacial score (nSPS) is 25.6. The van der Waals surface area contributed by atoms with Crippen molar-refractivity contribution in [3.63, 3.8) is 0 Å². The van der Waals surface area contributed by atoms with Gasteiger partial charge in [0.05, 0.1) is 6.54 Å². The lowest BCUT2D eigenvalue weighted by atomic mass is 9.83. The lowest BCUT2D eigenvalue weighted by molar-refractivity contribution is -0.146. The van der Waals surface area contributed by atoms with Crippen molar-refractivity contribution in [3.8, 4) is 5.75 Å². The van der Waals surface area contributed by atoms with Gasteiger partial charge >= 0.3 is 0 Å². The third-order valence-corrected chi connectivity index (χ3v) is 4.85. The molecule has 0 radical (unpaired) electrons. The molecule has 4 heteroatoms. The molecule has 0 unspecified atom stereocenters. The van der Waals surface area contributed by atoms with Gasteiger partial charge in [-0.15, -0.1) is 0 Å². The van der Waals surface area contributed by atoms with Crippen LogP contribution in [0.15, 0.2) is 24.3 Å². The van der Waals surface area contributed by atoms with Crippen LogP contribution < -0.4 is 4.74 Å². The summed E-state index contributed by atoms with van der Waals surface area (Å²) in [5.41, 5.74) is 0.253. The van der Waals surface area contributed by atoms with E-state index in [0.29, 0.717) is 13.0 Å². The Labute approximate surface area is 132 Å². The number of benzene rings is 1. The summed E-state index contributed by atoms with van der Waals surface area (Å²) in [5.74, 6) is 1.18. The molecule has 1 saturated heterocycles. The van der Waals surface area contributed by atoms with Crippen LogP contribution >= 0.6 is 0 Å². The topological polar surface area (TPSA) is 49.8 Å². The molecule has 1 N–H and O–H groups in total. The fourth-order valence-corrected chi connectivity index (χ4v) is 3.18. The Balaban J connectivity index is 1.57. The van der Waals surface area contributed by atoms with Gasteiger partial charge in [0.25, 0.3) is 0 Å². The highest BCUT2D eigenvalue weighted by Gasteiger charge is 2.39. The van der Waals surface area contributed by atoms with Crippen molar-refractivity contribution in [2.24, 2.45) is 5.92 Å². The standard InChI is InChI=1S/C18H25NO3/c1-14-6-8-16(9-7-14)22-13-18(21)10-3-11-19(12-18)17(20)15-4-2-5-15/h6-9,15,21H,2-5,10-13H2,1H3/t18-/m1/s1. The zero-order valence-corrected chi connectivity index (χ0v) is 13.3. The van der Waals surface area contributed by atoms with Crippen molar-refractivity contribution in [2.45, 2.75) is 44.6 Å². The van der Waals surface area contributed by atoms with Crippen molar-refractivity contribution in [1.82, 2.24) is 4.90 Å². The predicted molar refractivity (Wildman–Crippen MR) is 84.8 cm³/mol. The van der Waals surface area contributed by atoms with Gasteiger partial charge in [-0.3, -0.25) is 4.79 Å². The van der Waals surface area contributed by atoms with E-state index in [1.165, 1.54) is 5.56 Å². The minimum Gasteiger partial charge on any atom is -0.491 e. The number of ether oxygens (including phenoxy) is 1. The maximum absolute atomic E-state index is 12.4. The molecular weight excluding hydrogens is 278 g/mol. The van der Waals surface area contributed by atoms with E-state index in [2.05, 4.69) is 0 Å². The van der Waals surface area contributed by atoms with E-state index >= 15 is 0 Å². The number of carbonyl (C=O) groups is 1. The van der Waals surface area contributed by atoms with Crippen LogP contribution in [0.25, 0.3) is 0 Å². The average molecular weight is 303 g/mol. The van der Waals surface area contributed by atoms with Crippen LogP contribution in [0.5, 0.6) is 5.75 Å². The van der Waals surface area contributed by atoms with E-state index in [1.807, 2.05) is 36.1 Å². The third kappa shape index (κ3) is 3.43. The van der Waals surface area contributed by atoms with Crippen LogP contribution in [-0.2, 0) is 4.79 Å². The predicted octanol–water partition coefficient (Wildman–Crippen LogP) is 2.53. The number of nitrogens with zero attached hydrogens (tertiary/aromatic N) is 1. The van der Waals surface area contributed by atoms with Crippen LogP contribution in [0.4, 0.5) is 0 Å². The molecule has 1 amide bonds. The van der Waals surface area contributed by atoms with E-state index in [-0.39, 0.29) is 18.4 Å². The number of β-amino-alcohol motifs (C(OH)–C–C–N with tert-alkyl or cyclic N) is 1. The van der Waals surface area contributed by atoms with Gasteiger partial charge in [0.2, 0.25) is 5.91 Å². The second-order valence-corrected chi connectivity index (χ2v) is 6.82. The maximum Gasteiger partial charge on any atom is 0.225 e. The Morgan fingerprint density at radius 1 is 1.32 bits per heavy atom. The zero-order chi connectivity index (χ0) is 15.6. The van der Waals surface area contributed by atoms with Crippen molar-refractivity contribution in [2.75, 3.05) is 19.7 Å². The van der Waals surface area contributed by atoms with Crippen molar-refractivity contribution in [3.05, 3.63) is 29.8 Å². The van der Waals surface area contributed by atoms with Gasteiger partial charge in [-0.1, -0.05) is 24.1 Å². The minimum absolute atomic E-state index is 0.195. The molecule has 2 aliphatic rings. The highest BCUT2D eigenvalue weighted by molar-refractivity contribution is 5.79. The van der Waals surface area contributed by atoms with E-state index < -0.39 is 5.60 Å². The summed E-state index contributed by atoms with van der Waals surface area (Å²) in [4.78, 5) is 14.2. The fraction of sp³-hybridized carbons (Fsp3) is 0.611. The van der Waals surface area contributed by atoms with Crippen molar-refractivity contribution >= 4 is 5.91 Å². The van der Waals surface area contributed by atoms with Crippen LogP contribution in [0.1, 0.15) is 37.7 Å². The number of carbonyl (C=O) groups excluding carboxylic acids is 1. The zero-order valence-electron chi connectivity index (χ0n) is 13.3. The first kappa shape index (κ1) is 15.3. The van der Waals surface area contributed by atoms with Gasteiger partial charge < -0.3 is 14.7 Å². The number of amides is 1. The van der Waals surface area contributed by atoms with Crippen LogP contribution in [0.3, 0.4) is 0 Å². The van der Waals surface area contributed by atoms with E-state index in [1.54, 1.807) is 0 Å². The SMILES string of the molecule is Cc1ccc(OC[C@@]2(O)CCCN(C(=O)C3CCC3)C2)cc1. The quantitative estimate of drug-likeness (QED) is 0.930. The monoisotopic (exact) mass is 303 g/mol. The summed E-state index contributed by atoms with van der Waals surface area (Å²) in [7, 11) is 0. The highest BCUT2D eigenvalue weighted by atomic mass is 16.5. The molecule has 2 fully saturated rings. The molecule has 1 aromatic rings. The van der Waals surface area contributed by atoms with Gasteiger partial charge in [-0.25, -0.2) is 0 Å². The van der Waals surface area contributed by atoms with E-state index in [0.717, 1.165) is 38.0 Å². The Hall–Kier alpha value is -1.55. The summed E-state index contributed by atoms with van der Waals surface area (Å²) >= 11 is 0. The first-order valence-electron chi connectivity index (χ1n) is 8.26. The number of hydrogen-bond donors (Lipinski definition) is 1. The van der Waals surface area contributed by atoms with Crippen molar-refractivity contribution in [1.29, 1.82) is 0 Å². The molecule has 120 valence electrons. The molecule has 0 aromatic heterocycles. The molecule has 1 heterocycles. The first-order chi connectivity index (χ1) is 10.6. The molecule has 1 aliphatic carbocycles. The van der Waals surface area contributed by atoms with E-state index in [9.17, 15) is 9.90 Å². The summed E-state index contributed by atoms with van der Waals surface area (Å²) in [5, 5.41) is 10.8. The summed E-state index contributed by atoms with van der Waals surface area (Å²) < 4.78 is 5.74. The largest absolute Gasteiger partial charge is 0.491 e. The molecule has 1 atom stereocenters.